The molecule has 0 fully saturated rings. The van der Waals surface area contributed by atoms with E-state index >= 15 is 0 Å². The summed E-state index contributed by atoms with van der Waals surface area (Å²) in [5.74, 6) is 0.270. The highest BCUT2D eigenvalue weighted by Gasteiger charge is 1.97. The van der Waals surface area contributed by atoms with Crippen LogP contribution in [0.4, 0.5) is 0 Å². The Kier molecular flexibility index (Phi) is 1.10. The fraction of sp³-hybridized carbons (Fsp3) is 0.167. The number of aliphatic hydroxyl groups excluding tert-OH is 2. The van der Waals surface area contributed by atoms with Crippen LogP contribution in [0.1, 0.15) is 6.42 Å². The first-order valence-electron chi connectivity index (χ1n) is 2.32. The molecule has 0 unspecified atom stereocenters. The van der Waals surface area contributed by atoms with E-state index in [-0.39, 0.29) is 17.9 Å². The summed E-state index contributed by atoms with van der Waals surface area (Å²) in [6.45, 7) is 0. The van der Waals surface area contributed by atoms with Gasteiger partial charge in [0, 0.05) is 0 Å². The summed E-state index contributed by atoms with van der Waals surface area (Å²) in [6, 6.07) is 0. The summed E-state index contributed by atoms with van der Waals surface area (Å²) in [6.07, 6.45) is 3.20. The largest absolute Gasteiger partial charge is 0.512 e. The maximum Gasteiger partial charge on any atom is 0.142 e. The molecular formula is C6H6O2. The van der Waals surface area contributed by atoms with Crippen molar-refractivity contribution >= 4 is 0 Å². The van der Waals surface area contributed by atoms with Crippen molar-refractivity contribution in [2.24, 2.45) is 0 Å². The molecule has 0 spiro atoms. The molecule has 1 rings (SSSR count). The van der Waals surface area contributed by atoms with Gasteiger partial charge in [0.1, 0.15) is 11.5 Å². The van der Waals surface area contributed by atoms with Crippen molar-refractivity contribution in [2.75, 3.05) is 0 Å². The van der Waals surface area contributed by atoms with Crippen molar-refractivity contribution in [3.8, 4) is 0 Å². The summed E-state index contributed by atoms with van der Waals surface area (Å²) in [7, 11) is 0. The van der Waals surface area contributed by atoms with E-state index < -0.39 is 0 Å². The minimum atomic E-state index is 0.0880. The van der Waals surface area contributed by atoms with Crippen LogP contribution in [0, 0.1) is 0 Å². The van der Waals surface area contributed by atoms with Crippen LogP contribution in [0.5, 0.6) is 0 Å². The molecule has 0 heterocycles. The third kappa shape index (κ3) is 0.922. The molecule has 0 saturated carbocycles. The summed E-state index contributed by atoms with van der Waals surface area (Å²) >= 11 is 0. The Morgan fingerprint density at radius 1 is 1.50 bits per heavy atom. The molecule has 0 aromatic heterocycles. The van der Waals surface area contributed by atoms with E-state index in [4.69, 9.17) is 10.2 Å². The average Bonchev–Trinajstić information content (AvgIpc) is 1.64. The van der Waals surface area contributed by atoms with Crippen LogP contribution in [-0.2, 0) is 0 Å². The van der Waals surface area contributed by atoms with Crippen molar-refractivity contribution in [2.45, 2.75) is 6.42 Å². The molecule has 2 N–H and O–H groups in total. The number of hydrogen-bond acceptors (Lipinski definition) is 2. The second-order valence-corrected chi connectivity index (χ2v) is 1.59. The summed E-state index contributed by atoms with van der Waals surface area (Å²) in [5, 5.41) is 17.3. The van der Waals surface area contributed by atoms with E-state index in [0.29, 0.717) is 0 Å². The molecule has 2 nitrogen and oxygen atoms in total. The van der Waals surface area contributed by atoms with Gasteiger partial charge < -0.3 is 10.2 Å². The highest BCUT2D eigenvalue weighted by atomic mass is 16.3. The molecular weight excluding hydrogens is 104 g/mol. The predicted molar refractivity (Wildman–Crippen MR) is 29.6 cm³/mol. The maximum atomic E-state index is 8.69. The first-order chi connectivity index (χ1) is 3.79. The fourth-order valence-electron chi connectivity index (χ4n) is 0.516. The van der Waals surface area contributed by atoms with Gasteiger partial charge in [0.15, 0.2) is 0 Å². The number of hydrogen-bond donors (Lipinski definition) is 2. The van der Waals surface area contributed by atoms with Crippen LogP contribution in [0.15, 0.2) is 29.4 Å². The highest BCUT2D eigenvalue weighted by Crippen LogP contribution is 2.07. The van der Waals surface area contributed by atoms with E-state index in [2.05, 4.69) is 5.73 Å². The normalized spacial score (nSPS) is 17.5. The van der Waals surface area contributed by atoms with Gasteiger partial charge in [-0.3, -0.25) is 0 Å². The first kappa shape index (κ1) is 5.01. The van der Waals surface area contributed by atoms with E-state index in [9.17, 15) is 0 Å². The second-order valence-electron chi connectivity index (χ2n) is 1.59. The van der Waals surface area contributed by atoms with E-state index in [1.165, 1.54) is 12.2 Å². The van der Waals surface area contributed by atoms with Crippen molar-refractivity contribution < 1.29 is 10.2 Å². The molecule has 0 atom stereocenters. The van der Waals surface area contributed by atoms with E-state index in [1.54, 1.807) is 0 Å². The Balaban J connectivity index is 2.83. The average molecular weight is 110 g/mol. The van der Waals surface area contributed by atoms with Crippen molar-refractivity contribution in [1.82, 2.24) is 0 Å². The van der Waals surface area contributed by atoms with Gasteiger partial charge in [-0.2, -0.15) is 0 Å². The Morgan fingerprint density at radius 2 is 2.25 bits per heavy atom. The fourth-order valence-corrected chi connectivity index (χ4v) is 0.516. The Morgan fingerprint density at radius 3 is 2.62 bits per heavy atom. The monoisotopic (exact) mass is 110 g/mol. The molecule has 0 aromatic rings. The minimum absolute atomic E-state index is 0.0880. The van der Waals surface area contributed by atoms with Crippen LogP contribution in [0.25, 0.3) is 0 Å². The van der Waals surface area contributed by atoms with Crippen molar-refractivity contribution in [3.63, 3.8) is 0 Å². The Bertz CT molecular complexity index is 183. The predicted octanol–water partition coefficient (Wildman–Crippen LogP) is 1.43. The van der Waals surface area contributed by atoms with Gasteiger partial charge in [-0.05, 0) is 12.2 Å². The van der Waals surface area contributed by atoms with E-state index in [0.717, 1.165) is 0 Å². The molecule has 0 aromatic carbocycles. The van der Waals surface area contributed by atoms with Crippen LogP contribution in [-0.4, -0.2) is 10.2 Å². The topological polar surface area (TPSA) is 40.5 Å². The molecule has 1 aliphatic rings. The molecule has 8 heavy (non-hydrogen) atoms. The van der Waals surface area contributed by atoms with E-state index in [1.807, 2.05) is 0 Å². The second kappa shape index (κ2) is 1.76. The van der Waals surface area contributed by atoms with Gasteiger partial charge >= 0.3 is 0 Å². The Hall–Kier alpha value is -1.14. The van der Waals surface area contributed by atoms with Crippen molar-refractivity contribution in [3.05, 3.63) is 29.4 Å². The molecule has 42 valence electrons. The molecule has 2 heteroatoms. The van der Waals surface area contributed by atoms with Gasteiger partial charge in [-0.15, -0.1) is 0 Å². The lowest BCUT2D eigenvalue weighted by molar-refractivity contribution is 0.341. The lowest BCUT2D eigenvalue weighted by Gasteiger charge is -1.97. The first-order valence-corrected chi connectivity index (χ1v) is 2.32. The molecule has 0 aliphatic heterocycles. The lowest BCUT2D eigenvalue weighted by Crippen LogP contribution is -1.86. The van der Waals surface area contributed by atoms with Crippen molar-refractivity contribution in [1.29, 1.82) is 0 Å². The number of allylic oxidation sites excluding steroid dienone is 1. The summed E-state index contributed by atoms with van der Waals surface area (Å²) < 4.78 is 0. The van der Waals surface area contributed by atoms with Gasteiger partial charge in [-0.25, -0.2) is 0 Å². The van der Waals surface area contributed by atoms with Crippen LogP contribution in [0.2, 0.25) is 0 Å². The maximum absolute atomic E-state index is 8.69. The van der Waals surface area contributed by atoms with Gasteiger partial charge in [-0.1, -0.05) is 5.73 Å². The molecule has 0 radical (unpaired) electrons. The standard InChI is InChI=1S/C6H6O2/c7-5-2-1-3-6(8)4-5/h1-2,7-8H,4H2. The molecule has 0 bridgehead atoms. The van der Waals surface area contributed by atoms with Gasteiger partial charge in [0.25, 0.3) is 0 Å². The third-order valence-corrected chi connectivity index (χ3v) is 0.874. The number of rotatable bonds is 0. The SMILES string of the molecule is OC1=C=CC=C(O)C1. The zero-order valence-corrected chi connectivity index (χ0v) is 4.26. The smallest absolute Gasteiger partial charge is 0.142 e. The molecule has 0 amide bonds. The zero-order chi connectivity index (χ0) is 5.98. The van der Waals surface area contributed by atoms with Crippen LogP contribution in [0.3, 0.4) is 0 Å². The lowest BCUT2D eigenvalue weighted by atomic mass is 10.2. The number of aliphatic hydroxyl groups is 2. The summed E-state index contributed by atoms with van der Waals surface area (Å²) in [4.78, 5) is 0. The quantitative estimate of drug-likeness (QED) is 0.463. The van der Waals surface area contributed by atoms with Gasteiger partial charge in [0.2, 0.25) is 0 Å². The van der Waals surface area contributed by atoms with Crippen LogP contribution < -0.4 is 0 Å². The minimum Gasteiger partial charge on any atom is -0.512 e. The molecule has 1 aliphatic carbocycles. The summed E-state index contributed by atoms with van der Waals surface area (Å²) in [5.41, 5.74) is 2.52. The molecule has 0 saturated heterocycles. The van der Waals surface area contributed by atoms with Crippen LogP contribution >= 0.6 is 0 Å². The highest BCUT2D eigenvalue weighted by molar-refractivity contribution is 5.17. The Labute approximate surface area is 47.1 Å². The third-order valence-electron chi connectivity index (χ3n) is 0.874. The zero-order valence-electron chi connectivity index (χ0n) is 4.26. The van der Waals surface area contributed by atoms with Gasteiger partial charge in [0.05, 0.1) is 6.42 Å².